The average Bonchev–Trinajstić information content (AvgIpc) is 2.37. The molecule has 108 valence electrons. The van der Waals surface area contributed by atoms with Crippen LogP contribution in [0, 0.1) is 5.41 Å². The smallest absolute Gasteiger partial charge is 0.0366 e. The average molecular weight is 262 g/mol. The molecule has 0 aromatic heterocycles. The fourth-order valence-electron chi connectivity index (χ4n) is 1.99. The molecule has 0 bridgehead atoms. The summed E-state index contributed by atoms with van der Waals surface area (Å²) in [6.07, 6.45) is 0. The number of nitrogens with one attached hydrogen (secondary N) is 1. The molecule has 0 spiro atoms. The molecule has 1 unspecified atom stereocenters. The largest absolute Gasteiger partial charge is 0.372 e. The van der Waals surface area contributed by atoms with Crippen LogP contribution in [0.5, 0.6) is 0 Å². The third-order valence-electron chi connectivity index (χ3n) is 3.98. The lowest BCUT2D eigenvalue weighted by molar-refractivity contribution is 0.285. The molecule has 0 fully saturated rings. The first kappa shape index (κ1) is 16.0. The normalized spacial score (nSPS) is 13.4. The van der Waals surface area contributed by atoms with Gasteiger partial charge in [0.05, 0.1) is 0 Å². The molecule has 2 heteroatoms. The second-order valence-corrected chi connectivity index (χ2v) is 6.31. The van der Waals surface area contributed by atoms with E-state index >= 15 is 0 Å². The minimum absolute atomic E-state index is 0.307. The SMILES string of the molecule is CCN(CC)c1ccc(CNC(C)C(C)(C)C)cc1. The van der Waals surface area contributed by atoms with Crippen LogP contribution in [0.4, 0.5) is 5.69 Å². The van der Waals surface area contributed by atoms with Crippen molar-refractivity contribution in [2.45, 2.75) is 54.1 Å². The van der Waals surface area contributed by atoms with Crippen LogP contribution in [-0.4, -0.2) is 19.1 Å². The molecule has 1 atom stereocenters. The van der Waals surface area contributed by atoms with Gasteiger partial charge in [-0.2, -0.15) is 0 Å². The van der Waals surface area contributed by atoms with Gasteiger partial charge in [-0.3, -0.25) is 0 Å². The Bertz CT molecular complexity index is 358. The Morgan fingerprint density at radius 3 is 2.00 bits per heavy atom. The quantitative estimate of drug-likeness (QED) is 0.832. The van der Waals surface area contributed by atoms with E-state index in [-0.39, 0.29) is 0 Å². The predicted molar refractivity (Wildman–Crippen MR) is 85.8 cm³/mol. The Morgan fingerprint density at radius 1 is 1.05 bits per heavy atom. The van der Waals surface area contributed by atoms with Gasteiger partial charge in [0.15, 0.2) is 0 Å². The van der Waals surface area contributed by atoms with Crippen LogP contribution >= 0.6 is 0 Å². The van der Waals surface area contributed by atoms with Gasteiger partial charge in [-0.05, 0) is 43.9 Å². The number of hydrogen-bond donors (Lipinski definition) is 1. The molecule has 0 saturated heterocycles. The van der Waals surface area contributed by atoms with Gasteiger partial charge in [0.25, 0.3) is 0 Å². The lowest BCUT2D eigenvalue weighted by Crippen LogP contribution is -2.37. The second kappa shape index (κ2) is 6.95. The van der Waals surface area contributed by atoms with Gasteiger partial charge in [-0.25, -0.2) is 0 Å². The monoisotopic (exact) mass is 262 g/mol. The van der Waals surface area contributed by atoms with E-state index in [1.807, 2.05) is 0 Å². The van der Waals surface area contributed by atoms with E-state index in [1.54, 1.807) is 0 Å². The summed E-state index contributed by atoms with van der Waals surface area (Å²) in [7, 11) is 0. The van der Waals surface area contributed by atoms with E-state index in [2.05, 4.69) is 76.0 Å². The molecule has 1 aromatic rings. The first-order valence-electron chi connectivity index (χ1n) is 7.45. The highest BCUT2D eigenvalue weighted by molar-refractivity contribution is 5.47. The third-order valence-corrected chi connectivity index (χ3v) is 3.98. The summed E-state index contributed by atoms with van der Waals surface area (Å²) in [5.74, 6) is 0. The van der Waals surface area contributed by atoms with Gasteiger partial charge in [-0.1, -0.05) is 32.9 Å². The van der Waals surface area contributed by atoms with E-state index in [1.165, 1.54) is 11.3 Å². The Kier molecular flexibility index (Phi) is 5.86. The van der Waals surface area contributed by atoms with Crippen molar-refractivity contribution >= 4 is 5.69 Å². The van der Waals surface area contributed by atoms with E-state index < -0.39 is 0 Å². The molecular formula is C17H30N2. The van der Waals surface area contributed by atoms with Gasteiger partial charge in [0.2, 0.25) is 0 Å². The minimum Gasteiger partial charge on any atom is -0.372 e. The molecule has 1 rings (SSSR count). The maximum absolute atomic E-state index is 3.60. The number of benzene rings is 1. The Labute approximate surface area is 119 Å². The Balaban J connectivity index is 2.58. The highest BCUT2D eigenvalue weighted by Crippen LogP contribution is 2.19. The zero-order chi connectivity index (χ0) is 14.5. The van der Waals surface area contributed by atoms with Crippen LogP contribution in [-0.2, 0) is 6.54 Å². The van der Waals surface area contributed by atoms with E-state index in [4.69, 9.17) is 0 Å². The molecule has 0 aliphatic heterocycles. The summed E-state index contributed by atoms with van der Waals surface area (Å²) < 4.78 is 0. The van der Waals surface area contributed by atoms with Gasteiger partial charge in [0.1, 0.15) is 0 Å². The summed E-state index contributed by atoms with van der Waals surface area (Å²) >= 11 is 0. The second-order valence-electron chi connectivity index (χ2n) is 6.31. The zero-order valence-electron chi connectivity index (χ0n) is 13.5. The Morgan fingerprint density at radius 2 is 1.58 bits per heavy atom. The number of hydrogen-bond acceptors (Lipinski definition) is 2. The zero-order valence-corrected chi connectivity index (χ0v) is 13.5. The summed E-state index contributed by atoms with van der Waals surface area (Å²) in [5, 5.41) is 3.60. The molecule has 0 aliphatic carbocycles. The first-order valence-corrected chi connectivity index (χ1v) is 7.45. The van der Waals surface area contributed by atoms with Crippen molar-refractivity contribution in [1.29, 1.82) is 0 Å². The van der Waals surface area contributed by atoms with Gasteiger partial charge < -0.3 is 10.2 Å². The number of rotatable bonds is 6. The molecule has 1 N–H and O–H groups in total. The topological polar surface area (TPSA) is 15.3 Å². The molecule has 0 amide bonds. The molecule has 0 aliphatic rings. The van der Waals surface area contributed by atoms with E-state index in [0.717, 1.165) is 19.6 Å². The summed E-state index contributed by atoms with van der Waals surface area (Å²) in [6, 6.07) is 9.43. The molecular weight excluding hydrogens is 232 g/mol. The first-order chi connectivity index (χ1) is 8.88. The minimum atomic E-state index is 0.307. The van der Waals surface area contributed by atoms with Crippen LogP contribution in [0.15, 0.2) is 24.3 Å². The molecule has 0 saturated carbocycles. The summed E-state index contributed by atoms with van der Waals surface area (Å²) in [4.78, 5) is 2.37. The Hall–Kier alpha value is -1.02. The van der Waals surface area contributed by atoms with Crippen molar-refractivity contribution < 1.29 is 0 Å². The van der Waals surface area contributed by atoms with E-state index in [9.17, 15) is 0 Å². The van der Waals surface area contributed by atoms with Crippen LogP contribution in [0.3, 0.4) is 0 Å². The summed E-state index contributed by atoms with van der Waals surface area (Å²) in [5.41, 5.74) is 2.98. The van der Waals surface area contributed by atoms with Crippen LogP contribution in [0.2, 0.25) is 0 Å². The van der Waals surface area contributed by atoms with Gasteiger partial charge >= 0.3 is 0 Å². The third kappa shape index (κ3) is 4.87. The number of anilines is 1. The summed E-state index contributed by atoms with van der Waals surface area (Å²) in [6.45, 7) is 16.5. The molecule has 0 heterocycles. The van der Waals surface area contributed by atoms with Gasteiger partial charge in [-0.15, -0.1) is 0 Å². The highest BCUT2D eigenvalue weighted by Gasteiger charge is 2.18. The lowest BCUT2D eigenvalue weighted by atomic mass is 9.88. The highest BCUT2D eigenvalue weighted by atomic mass is 15.1. The molecule has 1 aromatic carbocycles. The predicted octanol–water partition coefficient (Wildman–Crippen LogP) is 4.06. The molecule has 2 nitrogen and oxygen atoms in total. The van der Waals surface area contributed by atoms with Crippen LogP contribution in [0.25, 0.3) is 0 Å². The number of nitrogens with zero attached hydrogens (tertiary/aromatic N) is 1. The van der Waals surface area contributed by atoms with Crippen molar-refractivity contribution in [3.8, 4) is 0 Å². The molecule has 19 heavy (non-hydrogen) atoms. The standard InChI is InChI=1S/C17H30N2/c1-7-19(8-2)16-11-9-15(10-12-16)13-18-14(3)17(4,5)6/h9-12,14,18H,7-8,13H2,1-6H3. The lowest BCUT2D eigenvalue weighted by Gasteiger charge is -2.28. The van der Waals surface area contributed by atoms with Crippen molar-refractivity contribution in [2.24, 2.45) is 5.41 Å². The van der Waals surface area contributed by atoms with Crippen molar-refractivity contribution in [3.63, 3.8) is 0 Å². The van der Waals surface area contributed by atoms with Crippen molar-refractivity contribution in [3.05, 3.63) is 29.8 Å². The fourth-order valence-corrected chi connectivity index (χ4v) is 1.99. The van der Waals surface area contributed by atoms with E-state index in [0.29, 0.717) is 11.5 Å². The van der Waals surface area contributed by atoms with Gasteiger partial charge in [0, 0.05) is 31.4 Å². The maximum Gasteiger partial charge on any atom is 0.0366 e. The van der Waals surface area contributed by atoms with Crippen molar-refractivity contribution in [1.82, 2.24) is 5.32 Å². The van der Waals surface area contributed by atoms with Crippen molar-refractivity contribution in [2.75, 3.05) is 18.0 Å². The fraction of sp³-hybridized carbons (Fsp3) is 0.647. The molecule has 0 radical (unpaired) electrons. The van der Waals surface area contributed by atoms with Crippen LogP contribution < -0.4 is 10.2 Å². The van der Waals surface area contributed by atoms with Crippen LogP contribution in [0.1, 0.15) is 47.1 Å². The maximum atomic E-state index is 3.60.